The van der Waals surface area contributed by atoms with Gasteiger partial charge in [-0.1, -0.05) is 23.7 Å². The van der Waals surface area contributed by atoms with E-state index in [1.807, 2.05) is 48.5 Å². The Kier molecular flexibility index (Phi) is 8.42. The van der Waals surface area contributed by atoms with E-state index in [2.05, 4.69) is 11.1 Å². The molecule has 0 spiro atoms. The Hall–Kier alpha value is -5.26. The van der Waals surface area contributed by atoms with Crippen LogP contribution >= 0.6 is 11.6 Å². The van der Waals surface area contributed by atoms with Crippen molar-refractivity contribution in [1.82, 2.24) is 0 Å². The number of methoxy groups -OCH3 is 2. The van der Waals surface area contributed by atoms with Gasteiger partial charge in [0.1, 0.15) is 40.4 Å². The van der Waals surface area contributed by atoms with E-state index in [4.69, 9.17) is 34.6 Å². The minimum absolute atomic E-state index is 0.128. The second kappa shape index (κ2) is 12.5. The number of nitriles is 1. The topological polar surface area (TPSA) is 107 Å². The second-order valence-electron chi connectivity index (χ2n) is 8.93. The minimum Gasteiger partial charge on any atom is -0.497 e. The molecule has 42 heavy (non-hydrogen) atoms. The van der Waals surface area contributed by atoms with E-state index in [0.29, 0.717) is 39.9 Å². The van der Waals surface area contributed by atoms with Crippen LogP contribution in [0.2, 0.25) is 5.02 Å². The normalized spacial score (nSPS) is 10.9. The first-order chi connectivity index (χ1) is 20.4. The number of ether oxygens (including phenoxy) is 3. The van der Waals surface area contributed by atoms with E-state index in [-0.39, 0.29) is 28.6 Å². The van der Waals surface area contributed by atoms with Crippen LogP contribution in [-0.4, -0.2) is 33.0 Å². The van der Waals surface area contributed by atoms with Crippen LogP contribution in [0.3, 0.4) is 0 Å². The van der Waals surface area contributed by atoms with Crippen molar-refractivity contribution in [2.24, 2.45) is 4.99 Å². The number of carbonyl (C=O) groups is 1. The predicted molar refractivity (Wildman–Crippen MR) is 160 cm³/mol. The van der Waals surface area contributed by atoms with Crippen molar-refractivity contribution in [2.75, 3.05) is 20.8 Å². The number of benzene rings is 3. The van der Waals surface area contributed by atoms with E-state index >= 15 is 0 Å². The molecular formula is C33H25ClN2O6. The van der Waals surface area contributed by atoms with Crippen LogP contribution in [0.1, 0.15) is 28.6 Å². The molecule has 5 rings (SSSR count). The highest BCUT2D eigenvalue weighted by atomic mass is 35.5. The summed E-state index contributed by atoms with van der Waals surface area (Å²) < 4.78 is 27.8. The number of nitrogens with zero attached hydrogens (tertiary/aromatic N) is 2. The molecule has 210 valence electrons. The maximum atomic E-state index is 12.3. The number of rotatable bonds is 9. The molecule has 0 radical (unpaired) electrons. The van der Waals surface area contributed by atoms with Gasteiger partial charge in [-0.05, 0) is 79.2 Å². The number of esters is 1. The molecule has 0 aliphatic rings. The smallest absolute Gasteiger partial charge is 0.339 e. The van der Waals surface area contributed by atoms with E-state index in [9.17, 15) is 10.1 Å². The summed E-state index contributed by atoms with van der Waals surface area (Å²) in [6.45, 7) is 1.96. The number of aliphatic imine (C=N–C) groups is 1. The average Bonchev–Trinajstić information content (AvgIpc) is 3.65. The third-order valence-electron chi connectivity index (χ3n) is 6.41. The highest BCUT2D eigenvalue weighted by Crippen LogP contribution is 2.43. The van der Waals surface area contributed by atoms with Crippen LogP contribution < -0.4 is 9.47 Å². The molecule has 0 saturated carbocycles. The molecule has 0 aliphatic carbocycles. The average molecular weight is 581 g/mol. The third kappa shape index (κ3) is 5.78. The summed E-state index contributed by atoms with van der Waals surface area (Å²) in [6.07, 6.45) is 1.47. The Morgan fingerprint density at radius 1 is 0.905 bits per heavy atom. The molecular weight excluding hydrogens is 556 g/mol. The van der Waals surface area contributed by atoms with Gasteiger partial charge in [-0.15, -0.1) is 0 Å². The Morgan fingerprint density at radius 3 is 2.17 bits per heavy atom. The lowest BCUT2D eigenvalue weighted by Gasteiger charge is -2.06. The molecule has 2 heterocycles. The standard InChI is InChI=1S/C33H25ClN2O6/c1-4-40-33(37)26-17-22(9-15-28(26)34)29-16-14-25(41-29)19-36-32-27(18-35)30(20-5-10-23(38-2)11-6-20)31(42-32)21-7-12-24(39-3)13-8-21/h5-17,19H,4H2,1-3H3. The second-order valence-corrected chi connectivity index (χ2v) is 9.34. The van der Waals surface area contributed by atoms with Crippen LogP contribution in [0.25, 0.3) is 33.8 Å². The van der Waals surface area contributed by atoms with Gasteiger partial charge in [0, 0.05) is 16.7 Å². The van der Waals surface area contributed by atoms with Gasteiger partial charge in [-0.2, -0.15) is 5.26 Å². The zero-order chi connectivity index (χ0) is 29.6. The summed E-state index contributed by atoms with van der Waals surface area (Å²) in [7, 11) is 3.19. The molecule has 0 amide bonds. The summed E-state index contributed by atoms with van der Waals surface area (Å²) >= 11 is 6.20. The first-order valence-corrected chi connectivity index (χ1v) is 13.3. The summed E-state index contributed by atoms with van der Waals surface area (Å²) in [5.41, 5.74) is 3.27. The molecule has 8 nitrogen and oxygen atoms in total. The van der Waals surface area contributed by atoms with E-state index < -0.39 is 5.97 Å². The van der Waals surface area contributed by atoms with Crippen LogP contribution in [0.4, 0.5) is 5.88 Å². The summed E-state index contributed by atoms with van der Waals surface area (Å²) in [5.74, 6) is 2.39. The Bertz CT molecular complexity index is 1790. The van der Waals surface area contributed by atoms with Gasteiger partial charge in [0.25, 0.3) is 0 Å². The van der Waals surface area contributed by atoms with Gasteiger partial charge in [-0.3, -0.25) is 0 Å². The number of carbonyl (C=O) groups excluding carboxylic acids is 1. The van der Waals surface area contributed by atoms with Crippen molar-refractivity contribution in [2.45, 2.75) is 6.92 Å². The highest BCUT2D eigenvalue weighted by molar-refractivity contribution is 6.33. The summed E-state index contributed by atoms with van der Waals surface area (Å²) in [4.78, 5) is 16.8. The van der Waals surface area contributed by atoms with E-state index in [0.717, 1.165) is 11.1 Å². The van der Waals surface area contributed by atoms with Crippen molar-refractivity contribution in [3.63, 3.8) is 0 Å². The van der Waals surface area contributed by atoms with Crippen molar-refractivity contribution < 1.29 is 27.8 Å². The van der Waals surface area contributed by atoms with Crippen molar-refractivity contribution in [3.8, 4) is 51.3 Å². The molecule has 2 aromatic heterocycles. The fraction of sp³-hybridized carbons (Fsp3) is 0.121. The first kappa shape index (κ1) is 28.3. The molecule has 3 aromatic carbocycles. The van der Waals surface area contributed by atoms with Gasteiger partial charge in [0.05, 0.1) is 37.6 Å². The minimum atomic E-state index is -0.514. The zero-order valence-corrected chi connectivity index (χ0v) is 23.8. The molecule has 9 heteroatoms. The molecule has 0 N–H and O–H groups in total. The lowest BCUT2D eigenvalue weighted by Crippen LogP contribution is -2.05. The van der Waals surface area contributed by atoms with Crippen LogP contribution in [0.15, 0.2) is 92.7 Å². The monoisotopic (exact) mass is 580 g/mol. The van der Waals surface area contributed by atoms with Gasteiger partial charge in [-0.25, -0.2) is 9.79 Å². The van der Waals surface area contributed by atoms with E-state index in [1.165, 1.54) is 6.21 Å². The van der Waals surface area contributed by atoms with Crippen molar-refractivity contribution in [3.05, 3.63) is 101 Å². The fourth-order valence-electron chi connectivity index (χ4n) is 4.34. The molecule has 5 aromatic rings. The number of halogens is 1. The molecule has 0 saturated heterocycles. The first-order valence-electron chi connectivity index (χ1n) is 12.9. The maximum Gasteiger partial charge on any atom is 0.339 e. The molecule has 0 bridgehead atoms. The third-order valence-corrected chi connectivity index (χ3v) is 6.74. The molecule has 0 atom stereocenters. The Balaban J connectivity index is 1.52. The SMILES string of the molecule is CCOC(=O)c1cc(-c2ccc(C=Nc3oc(-c4ccc(OC)cc4)c(-c4ccc(OC)cc4)c3C#N)o2)ccc1Cl. The lowest BCUT2D eigenvalue weighted by atomic mass is 9.98. The fourth-order valence-corrected chi connectivity index (χ4v) is 4.53. The largest absolute Gasteiger partial charge is 0.497 e. The molecule has 0 aliphatic heterocycles. The van der Waals surface area contributed by atoms with Gasteiger partial charge in [0.2, 0.25) is 5.88 Å². The van der Waals surface area contributed by atoms with Gasteiger partial charge < -0.3 is 23.0 Å². The highest BCUT2D eigenvalue weighted by Gasteiger charge is 2.23. The predicted octanol–water partition coefficient (Wildman–Crippen LogP) is 8.34. The van der Waals surface area contributed by atoms with Crippen molar-refractivity contribution in [1.29, 1.82) is 5.26 Å². The van der Waals surface area contributed by atoms with E-state index in [1.54, 1.807) is 51.5 Å². The Labute approximate surface area is 247 Å². The van der Waals surface area contributed by atoms with Crippen molar-refractivity contribution >= 4 is 29.7 Å². The van der Waals surface area contributed by atoms with Crippen LogP contribution in [-0.2, 0) is 4.74 Å². The molecule has 0 unspecified atom stereocenters. The number of furan rings is 2. The quantitative estimate of drug-likeness (QED) is 0.127. The van der Waals surface area contributed by atoms with Crippen LogP contribution in [0.5, 0.6) is 11.5 Å². The number of hydrogen-bond donors (Lipinski definition) is 0. The van der Waals surface area contributed by atoms with Gasteiger partial charge in [0.15, 0.2) is 0 Å². The zero-order valence-electron chi connectivity index (χ0n) is 23.0. The summed E-state index contributed by atoms with van der Waals surface area (Å²) in [6, 6.07) is 25.4. The number of hydrogen-bond acceptors (Lipinski definition) is 8. The molecule has 0 fully saturated rings. The van der Waals surface area contributed by atoms with Gasteiger partial charge >= 0.3 is 5.97 Å². The lowest BCUT2D eigenvalue weighted by molar-refractivity contribution is 0.0526. The maximum absolute atomic E-state index is 12.3. The summed E-state index contributed by atoms with van der Waals surface area (Å²) in [5, 5.41) is 10.5. The Morgan fingerprint density at radius 2 is 1.55 bits per heavy atom. The van der Waals surface area contributed by atoms with Crippen LogP contribution in [0, 0.1) is 11.3 Å².